The van der Waals surface area contributed by atoms with Crippen LogP contribution in [0.1, 0.15) is 23.6 Å². The molecule has 1 aliphatic heterocycles. The highest BCUT2D eigenvalue weighted by Gasteiger charge is 2.22. The van der Waals surface area contributed by atoms with Crippen molar-refractivity contribution in [2.75, 3.05) is 0 Å². The van der Waals surface area contributed by atoms with Crippen molar-refractivity contribution in [1.82, 2.24) is 0 Å². The van der Waals surface area contributed by atoms with Gasteiger partial charge in [-0.2, -0.15) is 0 Å². The van der Waals surface area contributed by atoms with Crippen molar-refractivity contribution in [2.45, 2.75) is 13.5 Å². The van der Waals surface area contributed by atoms with Crippen LogP contribution in [0.5, 0.6) is 5.75 Å². The molecule has 5 rings (SSSR count). The summed E-state index contributed by atoms with van der Waals surface area (Å²) < 4.78 is 6.30. The summed E-state index contributed by atoms with van der Waals surface area (Å²) in [5.41, 5.74) is 7.84. The molecule has 2 heteroatoms. The summed E-state index contributed by atoms with van der Waals surface area (Å²) in [7, 11) is 0. The van der Waals surface area contributed by atoms with E-state index in [-0.39, 0.29) is 0 Å². The molecule has 0 saturated carbocycles. The minimum atomic E-state index is 0.691. The van der Waals surface area contributed by atoms with Gasteiger partial charge in [0.05, 0.1) is 12.3 Å². The van der Waals surface area contributed by atoms with Crippen LogP contribution < -0.4 is 4.74 Å². The normalized spacial score (nSPS) is 16.0. The van der Waals surface area contributed by atoms with E-state index in [1.54, 1.807) is 0 Å². The van der Waals surface area contributed by atoms with E-state index < -0.39 is 0 Å². The Balaban J connectivity index is 1.42. The predicted molar refractivity (Wildman–Crippen MR) is 138 cm³/mol. The van der Waals surface area contributed by atoms with E-state index >= 15 is 0 Å². The minimum absolute atomic E-state index is 0.691. The number of ether oxygens (including phenoxy) is 1. The molecule has 0 unspecified atom stereocenters. The summed E-state index contributed by atoms with van der Waals surface area (Å²) in [4.78, 5) is 4.70. The molecule has 0 spiro atoms. The number of hydrogen-bond donors (Lipinski definition) is 0. The van der Waals surface area contributed by atoms with Gasteiger partial charge in [-0.05, 0) is 41.9 Å². The molecule has 0 amide bonds. The highest BCUT2D eigenvalue weighted by atomic mass is 16.5. The van der Waals surface area contributed by atoms with Crippen LogP contribution in [0.15, 0.2) is 138 Å². The molecule has 33 heavy (non-hydrogen) atoms. The second-order valence-electron chi connectivity index (χ2n) is 8.06. The Morgan fingerprint density at radius 3 is 2.15 bits per heavy atom. The van der Waals surface area contributed by atoms with Crippen LogP contribution in [0.25, 0.3) is 11.3 Å². The van der Waals surface area contributed by atoms with Crippen LogP contribution >= 0.6 is 0 Å². The Kier molecular flexibility index (Phi) is 5.99. The Bertz CT molecular complexity index is 1320. The topological polar surface area (TPSA) is 21.6 Å². The van der Waals surface area contributed by atoms with Crippen LogP contribution in [0, 0.1) is 0 Å². The first-order valence-electron chi connectivity index (χ1n) is 11.2. The van der Waals surface area contributed by atoms with Gasteiger partial charge in [0.1, 0.15) is 11.5 Å². The zero-order valence-electron chi connectivity index (χ0n) is 18.6. The highest BCUT2D eigenvalue weighted by Crippen LogP contribution is 2.41. The van der Waals surface area contributed by atoms with Gasteiger partial charge in [-0.25, -0.2) is 0 Å². The average Bonchev–Trinajstić information content (AvgIpc) is 2.88. The fourth-order valence-corrected chi connectivity index (χ4v) is 4.01. The van der Waals surface area contributed by atoms with Crippen molar-refractivity contribution < 1.29 is 4.74 Å². The molecule has 0 bridgehead atoms. The van der Waals surface area contributed by atoms with Crippen molar-refractivity contribution in [3.05, 3.63) is 149 Å². The van der Waals surface area contributed by atoms with Crippen LogP contribution in [0.4, 0.5) is 0 Å². The maximum Gasteiger partial charge on any atom is 0.138 e. The van der Waals surface area contributed by atoms with E-state index in [1.165, 1.54) is 11.1 Å². The minimum Gasteiger partial charge on any atom is -0.456 e. The second-order valence-corrected chi connectivity index (χ2v) is 8.06. The molecular formula is C31H25NO. The van der Waals surface area contributed by atoms with E-state index in [0.29, 0.717) is 6.54 Å². The van der Waals surface area contributed by atoms with Crippen LogP contribution in [-0.2, 0) is 6.54 Å². The van der Waals surface area contributed by atoms with Crippen LogP contribution in [0.3, 0.4) is 0 Å². The quantitative estimate of drug-likeness (QED) is 0.420. The zero-order chi connectivity index (χ0) is 22.5. The Morgan fingerprint density at radius 1 is 0.727 bits per heavy atom. The summed E-state index contributed by atoms with van der Waals surface area (Å²) in [5.74, 6) is 1.79. The van der Waals surface area contributed by atoms with Crippen molar-refractivity contribution in [3.63, 3.8) is 0 Å². The van der Waals surface area contributed by atoms with Gasteiger partial charge < -0.3 is 4.74 Å². The smallest absolute Gasteiger partial charge is 0.138 e. The van der Waals surface area contributed by atoms with Gasteiger partial charge >= 0.3 is 0 Å². The first-order valence-corrected chi connectivity index (χ1v) is 11.2. The molecule has 3 aromatic carbocycles. The van der Waals surface area contributed by atoms with Crippen LogP contribution in [-0.4, -0.2) is 5.71 Å². The maximum atomic E-state index is 6.30. The molecule has 2 aliphatic rings. The number of fused-ring (bicyclic) bond motifs is 1. The van der Waals surface area contributed by atoms with Crippen molar-refractivity contribution in [2.24, 2.45) is 4.99 Å². The molecule has 0 aromatic heterocycles. The lowest BCUT2D eigenvalue weighted by Gasteiger charge is -2.24. The summed E-state index contributed by atoms with van der Waals surface area (Å²) in [6, 6.07) is 28.8. The van der Waals surface area contributed by atoms with E-state index in [4.69, 9.17) is 9.73 Å². The molecule has 1 aliphatic carbocycles. The molecule has 0 radical (unpaired) electrons. The lowest BCUT2D eigenvalue weighted by Crippen LogP contribution is -2.07. The predicted octanol–water partition coefficient (Wildman–Crippen LogP) is 7.59. The van der Waals surface area contributed by atoms with Gasteiger partial charge in [-0.1, -0.05) is 103 Å². The van der Waals surface area contributed by atoms with E-state index in [0.717, 1.165) is 39.5 Å². The largest absolute Gasteiger partial charge is 0.456 e. The number of allylic oxidation sites excluding steroid dienone is 9. The van der Waals surface area contributed by atoms with Gasteiger partial charge in [0.2, 0.25) is 0 Å². The standard InChI is InChI=1S/C31H25NO/c1-23-28(29-14-8-9-15-30(29)33-31(23)26-12-6-3-7-13-26)21-18-24-16-19-27(20-17-24)32-22-25-10-4-2-5-11-25/h2-21H,22H2,1H3. The van der Waals surface area contributed by atoms with Crippen molar-refractivity contribution >= 4 is 17.0 Å². The monoisotopic (exact) mass is 427 g/mol. The molecule has 160 valence electrons. The first-order chi connectivity index (χ1) is 16.3. The summed E-state index contributed by atoms with van der Waals surface area (Å²) in [5, 5.41) is 0. The molecule has 2 nitrogen and oxygen atoms in total. The molecule has 0 saturated heterocycles. The molecule has 0 N–H and O–H groups in total. The van der Waals surface area contributed by atoms with Gasteiger partial charge in [0.15, 0.2) is 0 Å². The van der Waals surface area contributed by atoms with E-state index in [2.05, 4.69) is 79.8 Å². The average molecular weight is 428 g/mol. The number of aliphatic imine (C=N–C) groups is 1. The third kappa shape index (κ3) is 4.70. The highest BCUT2D eigenvalue weighted by molar-refractivity contribution is 6.06. The SMILES string of the molecule is CC1=C(c2ccccc2)Oc2ccccc2C1=CC=C1C=CC(=NCc2ccccc2)C=C1. The Morgan fingerprint density at radius 2 is 1.39 bits per heavy atom. The third-order valence-corrected chi connectivity index (χ3v) is 5.79. The van der Waals surface area contributed by atoms with Gasteiger partial charge in [0.25, 0.3) is 0 Å². The number of benzene rings is 3. The van der Waals surface area contributed by atoms with Crippen LogP contribution in [0.2, 0.25) is 0 Å². The van der Waals surface area contributed by atoms with E-state index in [9.17, 15) is 0 Å². The third-order valence-electron chi connectivity index (χ3n) is 5.79. The molecular weight excluding hydrogens is 402 g/mol. The van der Waals surface area contributed by atoms with Crippen molar-refractivity contribution in [3.8, 4) is 5.75 Å². The van der Waals surface area contributed by atoms with Gasteiger partial charge in [0, 0.05) is 16.7 Å². The zero-order valence-corrected chi connectivity index (χ0v) is 18.6. The van der Waals surface area contributed by atoms with E-state index in [1.807, 2.05) is 48.5 Å². The lowest BCUT2D eigenvalue weighted by atomic mass is 9.92. The molecule has 0 fully saturated rings. The first kappa shape index (κ1) is 20.7. The fraction of sp³-hybridized carbons (Fsp3) is 0.0645. The number of nitrogens with zero attached hydrogens (tertiary/aromatic N) is 1. The lowest BCUT2D eigenvalue weighted by molar-refractivity contribution is 0.505. The fourth-order valence-electron chi connectivity index (χ4n) is 4.01. The summed E-state index contributed by atoms with van der Waals surface area (Å²) >= 11 is 0. The second kappa shape index (κ2) is 9.54. The van der Waals surface area contributed by atoms with Crippen molar-refractivity contribution in [1.29, 1.82) is 0 Å². The maximum absolute atomic E-state index is 6.30. The number of para-hydroxylation sites is 1. The Hall–Kier alpha value is -4.17. The number of hydrogen-bond acceptors (Lipinski definition) is 2. The summed E-state index contributed by atoms with van der Waals surface area (Å²) in [6.07, 6.45) is 12.7. The molecule has 0 atom stereocenters. The van der Waals surface area contributed by atoms with Gasteiger partial charge in [-0.15, -0.1) is 0 Å². The molecule has 1 heterocycles. The van der Waals surface area contributed by atoms with Gasteiger partial charge in [-0.3, -0.25) is 4.99 Å². The summed E-state index contributed by atoms with van der Waals surface area (Å²) in [6.45, 7) is 2.82. The number of rotatable bonds is 4. The molecule has 3 aromatic rings. The Labute approximate surface area is 195 Å².